The number of hydrogen-bond donors (Lipinski definition) is 2. The first kappa shape index (κ1) is 18.2. The van der Waals surface area contributed by atoms with Crippen LogP contribution in [0.5, 0.6) is 0 Å². The summed E-state index contributed by atoms with van der Waals surface area (Å²) in [6.07, 6.45) is -4.28. The summed E-state index contributed by atoms with van der Waals surface area (Å²) in [6, 6.07) is 9.37. The van der Waals surface area contributed by atoms with E-state index in [0.717, 1.165) is 12.1 Å². The van der Waals surface area contributed by atoms with Crippen molar-refractivity contribution in [2.75, 3.05) is 0 Å². The van der Waals surface area contributed by atoms with Gasteiger partial charge in [0.1, 0.15) is 17.1 Å². The Labute approximate surface area is 139 Å². The van der Waals surface area contributed by atoms with Crippen LogP contribution in [0.4, 0.5) is 23.2 Å². The van der Waals surface area contributed by atoms with Gasteiger partial charge in [-0.1, -0.05) is 30.3 Å². The molecule has 0 radical (unpaired) electrons. The zero-order chi connectivity index (χ0) is 18.6. The fourth-order valence-corrected chi connectivity index (χ4v) is 1.95. The van der Waals surface area contributed by atoms with Crippen molar-refractivity contribution in [2.45, 2.75) is 6.18 Å². The van der Waals surface area contributed by atoms with Crippen molar-refractivity contribution in [3.8, 4) is 0 Å². The Bertz CT molecular complexity index is 843. The van der Waals surface area contributed by atoms with Crippen molar-refractivity contribution in [3.63, 3.8) is 0 Å². The monoisotopic (exact) mass is 353 g/mol. The molecule has 2 N–H and O–H groups in total. The average Bonchev–Trinajstić information content (AvgIpc) is 2.55. The van der Waals surface area contributed by atoms with Crippen LogP contribution in [-0.2, 0) is 11.0 Å². The van der Waals surface area contributed by atoms with Gasteiger partial charge in [0.2, 0.25) is 0 Å². The van der Waals surface area contributed by atoms with Crippen LogP contribution < -0.4 is 0 Å². The van der Waals surface area contributed by atoms with Gasteiger partial charge in [-0.2, -0.15) is 13.2 Å². The Hall–Kier alpha value is -3.16. The minimum atomic E-state index is -4.87. The van der Waals surface area contributed by atoms with E-state index in [1.807, 2.05) is 0 Å². The minimum absolute atomic E-state index is 0.154. The number of benzene rings is 2. The molecule has 0 unspecified atom stereocenters. The summed E-state index contributed by atoms with van der Waals surface area (Å²) < 4.78 is 51.8. The standard InChI is InChI=1S/C17H11F4NO3/c18-11-6-7-14(13(8-11)17(19,20)21)22-9-12(16(24)25)15(23)10-4-2-1-3-5-10/h1-9,23H,(H,24,25). The zero-order valence-corrected chi connectivity index (χ0v) is 12.5. The van der Waals surface area contributed by atoms with Gasteiger partial charge in [0.15, 0.2) is 0 Å². The van der Waals surface area contributed by atoms with E-state index in [1.165, 1.54) is 12.1 Å². The summed E-state index contributed by atoms with van der Waals surface area (Å²) in [5, 5.41) is 19.2. The fraction of sp³-hybridized carbons (Fsp3) is 0.0588. The van der Waals surface area contributed by atoms with Crippen molar-refractivity contribution >= 4 is 23.6 Å². The number of carboxylic acids is 1. The van der Waals surface area contributed by atoms with E-state index in [9.17, 15) is 27.5 Å². The van der Waals surface area contributed by atoms with Crippen LogP contribution in [0.3, 0.4) is 0 Å². The Morgan fingerprint density at radius 2 is 1.68 bits per heavy atom. The molecule has 0 atom stereocenters. The van der Waals surface area contributed by atoms with Crippen molar-refractivity contribution in [1.82, 2.24) is 0 Å². The lowest BCUT2D eigenvalue weighted by atomic mass is 10.1. The van der Waals surface area contributed by atoms with Crippen molar-refractivity contribution in [3.05, 3.63) is 71.0 Å². The third kappa shape index (κ3) is 4.43. The normalized spacial score (nSPS) is 13.0. The molecule has 0 heterocycles. The Morgan fingerprint density at radius 3 is 2.24 bits per heavy atom. The number of halogens is 4. The van der Waals surface area contributed by atoms with E-state index in [-0.39, 0.29) is 11.6 Å². The summed E-state index contributed by atoms with van der Waals surface area (Å²) in [5.74, 6) is -3.35. The number of nitrogens with zero attached hydrogens (tertiary/aromatic N) is 1. The van der Waals surface area contributed by atoms with Gasteiger partial charge in [0.25, 0.3) is 0 Å². The highest BCUT2D eigenvalue weighted by Gasteiger charge is 2.34. The highest BCUT2D eigenvalue weighted by molar-refractivity contribution is 6.14. The number of rotatable bonds is 4. The molecule has 130 valence electrons. The summed E-state index contributed by atoms with van der Waals surface area (Å²) in [5.41, 5.74) is -2.58. The molecule has 2 rings (SSSR count). The third-order valence-corrected chi connectivity index (χ3v) is 3.13. The maximum Gasteiger partial charge on any atom is 0.418 e. The zero-order valence-electron chi connectivity index (χ0n) is 12.5. The Morgan fingerprint density at radius 1 is 1.04 bits per heavy atom. The Balaban J connectivity index is 2.51. The van der Waals surface area contributed by atoms with Gasteiger partial charge in [-0.15, -0.1) is 0 Å². The van der Waals surface area contributed by atoms with Crippen LogP contribution in [-0.4, -0.2) is 22.4 Å². The molecule has 0 spiro atoms. The lowest BCUT2D eigenvalue weighted by Crippen LogP contribution is -2.07. The first-order valence-electron chi connectivity index (χ1n) is 6.83. The van der Waals surface area contributed by atoms with Crippen molar-refractivity contribution < 1.29 is 32.6 Å². The predicted octanol–water partition coefficient (Wildman–Crippen LogP) is 4.60. The van der Waals surface area contributed by atoms with Crippen LogP contribution >= 0.6 is 0 Å². The molecule has 4 nitrogen and oxygen atoms in total. The van der Waals surface area contributed by atoms with E-state index in [1.54, 1.807) is 18.2 Å². The summed E-state index contributed by atoms with van der Waals surface area (Å²) in [4.78, 5) is 14.8. The Kier molecular flexibility index (Phi) is 5.21. The largest absolute Gasteiger partial charge is 0.506 e. The van der Waals surface area contributed by atoms with E-state index in [0.29, 0.717) is 6.21 Å². The average molecular weight is 353 g/mol. The number of carboxylic acid groups (broad SMARTS) is 1. The molecule has 0 saturated carbocycles. The highest BCUT2D eigenvalue weighted by atomic mass is 19.4. The fourth-order valence-electron chi connectivity index (χ4n) is 1.95. The second-order valence-electron chi connectivity index (χ2n) is 4.85. The number of carbonyl (C=O) groups is 1. The molecule has 25 heavy (non-hydrogen) atoms. The topological polar surface area (TPSA) is 69.9 Å². The quantitative estimate of drug-likeness (QED) is 0.365. The molecular weight excluding hydrogens is 342 g/mol. The van der Waals surface area contributed by atoms with Crippen LogP contribution in [0.1, 0.15) is 11.1 Å². The predicted molar refractivity (Wildman–Crippen MR) is 83.2 cm³/mol. The number of aliphatic hydroxyl groups is 1. The number of aliphatic imine (C=N–C) groups is 1. The van der Waals surface area contributed by atoms with Crippen molar-refractivity contribution in [2.24, 2.45) is 4.99 Å². The van der Waals surface area contributed by atoms with Gasteiger partial charge in [-0.3, -0.25) is 4.99 Å². The van der Waals surface area contributed by atoms with Gasteiger partial charge in [0, 0.05) is 11.8 Å². The summed E-state index contributed by atoms with van der Waals surface area (Å²) in [7, 11) is 0. The van der Waals surface area contributed by atoms with E-state index in [2.05, 4.69) is 4.99 Å². The number of hydrogen-bond acceptors (Lipinski definition) is 3. The second-order valence-corrected chi connectivity index (χ2v) is 4.85. The number of aliphatic carboxylic acids is 1. The van der Waals surface area contributed by atoms with Crippen LogP contribution in [0.2, 0.25) is 0 Å². The molecule has 0 aliphatic carbocycles. The molecule has 0 aromatic heterocycles. The molecule has 2 aromatic carbocycles. The lowest BCUT2D eigenvalue weighted by molar-refractivity contribution is -0.137. The SMILES string of the molecule is O=C(O)C(C=Nc1ccc(F)cc1C(F)(F)F)=C(O)c1ccccc1. The van der Waals surface area contributed by atoms with Gasteiger partial charge in [-0.25, -0.2) is 9.18 Å². The maximum absolute atomic E-state index is 13.1. The van der Waals surface area contributed by atoms with Crippen molar-refractivity contribution in [1.29, 1.82) is 0 Å². The molecule has 8 heteroatoms. The molecular formula is C17H11F4NO3. The first-order chi connectivity index (χ1) is 11.7. The summed E-state index contributed by atoms with van der Waals surface area (Å²) >= 11 is 0. The van der Waals surface area contributed by atoms with Gasteiger partial charge < -0.3 is 10.2 Å². The summed E-state index contributed by atoms with van der Waals surface area (Å²) in [6.45, 7) is 0. The molecule has 0 saturated heterocycles. The van der Waals surface area contributed by atoms with Gasteiger partial charge in [0.05, 0.1) is 11.3 Å². The van der Waals surface area contributed by atoms with Crippen LogP contribution in [0.15, 0.2) is 59.1 Å². The van der Waals surface area contributed by atoms with E-state index >= 15 is 0 Å². The minimum Gasteiger partial charge on any atom is -0.506 e. The smallest absolute Gasteiger partial charge is 0.418 e. The maximum atomic E-state index is 13.1. The molecule has 0 aliphatic heterocycles. The molecule has 0 fully saturated rings. The van der Waals surface area contributed by atoms with E-state index < -0.39 is 40.5 Å². The second kappa shape index (κ2) is 7.16. The third-order valence-electron chi connectivity index (χ3n) is 3.13. The number of alkyl halides is 3. The van der Waals surface area contributed by atoms with Crippen LogP contribution in [0.25, 0.3) is 5.76 Å². The van der Waals surface area contributed by atoms with E-state index in [4.69, 9.17) is 5.11 Å². The van der Waals surface area contributed by atoms with Crippen LogP contribution in [0, 0.1) is 5.82 Å². The molecule has 2 aromatic rings. The lowest BCUT2D eigenvalue weighted by Gasteiger charge is -2.10. The molecule has 0 aliphatic rings. The molecule has 0 bridgehead atoms. The molecule has 0 amide bonds. The highest BCUT2D eigenvalue weighted by Crippen LogP contribution is 2.36. The first-order valence-corrected chi connectivity index (χ1v) is 6.83. The van der Waals surface area contributed by atoms with Gasteiger partial charge >= 0.3 is 12.1 Å². The van der Waals surface area contributed by atoms with Gasteiger partial charge in [-0.05, 0) is 18.2 Å². The number of aliphatic hydroxyl groups excluding tert-OH is 1.